The molecule has 1 saturated heterocycles. The molecule has 1 aromatic carbocycles. The van der Waals surface area contributed by atoms with Gasteiger partial charge >= 0.3 is 5.63 Å². The summed E-state index contributed by atoms with van der Waals surface area (Å²) in [6, 6.07) is 7.72. The number of thioether (sulfide) groups is 1. The van der Waals surface area contributed by atoms with Gasteiger partial charge < -0.3 is 4.42 Å². The lowest BCUT2D eigenvalue weighted by molar-refractivity contribution is -0.115. The lowest BCUT2D eigenvalue weighted by atomic mass is 10.2. The van der Waals surface area contributed by atoms with E-state index in [1.165, 1.54) is 6.07 Å². The van der Waals surface area contributed by atoms with Crippen LogP contribution in [0.1, 0.15) is 0 Å². The Labute approximate surface area is 105 Å². The maximum atomic E-state index is 11.6. The highest BCUT2D eigenvalue weighted by Gasteiger charge is 2.31. The molecule has 1 aromatic heterocycles. The fourth-order valence-electron chi connectivity index (χ4n) is 1.80. The molecule has 90 valence electrons. The van der Waals surface area contributed by atoms with Crippen LogP contribution in [0.3, 0.4) is 0 Å². The minimum absolute atomic E-state index is 0.167. The molecular weight excluding hydrogens is 254 g/mol. The van der Waals surface area contributed by atoms with Crippen LogP contribution in [-0.4, -0.2) is 16.9 Å². The van der Waals surface area contributed by atoms with Crippen LogP contribution in [0.4, 0.5) is 10.5 Å². The highest BCUT2D eigenvalue weighted by Crippen LogP contribution is 2.28. The lowest BCUT2D eigenvalue weighted by Crippen LogP contribution is -2.27. The summed E-state index contributed by atoms with van der Waals surface area (Å²) in [6.07, 6.45) is 0. The summed E-state index contributed by atoms with van der Waals surface area (Å²) in [5.41, 5.74) is 0.494. The number of anilines is 1. The van der Waals surface area contributed by atoms with E-state index in [4.69, 9.17) is 4.42 Å². The zero-order valence-corrected chi connectivity index (χ0v) is 9.90. The minimum Gasteiger partial charge on any atom is -0.423 e. The van der Waals surface area contributed by atoms with Crippen LogP contribution in [0.25, 0.3) is 11.0 Å². The zero-order valence-electron chi connectivity index (χ0n) is 9.08. The first-order chi connectivity index (χ1) is 8.65. The van der Waals surface area contributed by atoms with Gasteiger partial charge in [-0.25, -0.2) is 9.69 Å². The molecule has 6 heteroatoms. The van der Waals surface area contributed by atoms with Gasteiger partial charge in [0, 0.05) is 11.5 Å². The summed E-state index contributed by atoms with van der Waals surface area (Å²) in [4.78, 5) is 35.3. The van der Waals surface area contributed by atoms with Gasteiger partial charge in [0.1, 0.15) is 5.58 Å². The third-order valence-electron chi connectivity index (χ3n) is 2.61. The third-order valence-corrected chi connectivity index (χ3v) is 3.43. The fraction of sp³-hybridized carbons (Fsp3) is 0.0833. The Morgan fingerprint density at radius 1 is 1.11 bits per heavy atom. The smallest absolute Gasteiger partial charge is 0.336 e. The van der Waals surface area contributed by atoms with Crippen molar-refractivity contribution >= 4 is 39.6 Å². The molecule has 0 spiro atoms. The van der Waals surface area contributed by atoms with E-state index in [0.29, 0.717) is 16.7 Å². The molecule has 2 amide bonds. The predicted molar refractivity (Wildman–Crippen MR) is 67.8 cm³/mol. The molecule has 18 heavy (non-hydrogen) atoms. The largest absolute Gasteiger partial charge is 0.423 e. The summed E-state index contributed by atoms with van der Waals surface area (Å²) in [5.74, 6) is -0.0671. The van der Waals surface area contributed by atoms with E-state index in [2.05, 4.69) is 0 Å². The van der Waals surface area contributed by atoms with E-state index in [1.807, 2.05) is 0 Å². The number of fused-ring (bicyclic) bond motifs is 1. The lowest BCUT2D eigenvalue weighted by Gasteiger charge is -2.12. The van der Waals surface area contributed by atoms with Crippen LogP contribution < -0.4 is 10.5 Å². The molecule has 3 rings (SSSR count). The van der Waals surface area contributed by atoms with Gasteiger partial charge in [0.2, 0.25) is 5.91 Å². The number of amides is 2. The standard InChI is InChI=1S/C12H7NO4S/c14-10-6-18-12(16)13(10)8-2-3-9-7(5-8)1-4-11(15)17-9/h1-5H,6H2. The number of carbonyl (C=O) groups excluding carboxylic acids is 2. The molecule has 1 aliphatic heterocycles. The number of hydrogen-bond donors (Lipinski definition) is 0. The number of hydrogen-bond acceptors (Lipinski definition) is 5. The third kappa shape index (κ3) is 1.70. The molecule has 0 saturated carbocycles. The number of nitrogens with zero attached hydrogens (tertiary/aromatic N) is 1. The quantitative estimate of drug-likeness (QED) is 0.734. The second-order valence-corrected chi connectivity index (χ2v) is 4.69. The first-order valence-corrected chi connectivity index (χ1v) is 6.17. The van der Waals surface area contributed by atoms with Crippen LogP contribution in [0.2, 0.25) is 0 Å². The van der Waals surface area contributed by atoms with Gasteiger partial charge in [-0.15, -0.1) is 0 Å². The van der Waals surface area contributed by atoms with Gasteiger partial charge in [-0.05, 0) is 24.3 Å². The average Bonchev–Trinajstić information content (AvgIpc) is 2.69. The maximum Gasteiger partial charge on any atom is 0.336 e. The molecule has 0 radical (unpaired) electrons. The van der Waals surface area contributed by atoms with Crippen molar-refractivity contribution in [3.8, 4) is 0 Å². The molecule has 1 fully saturated rings. The molecule has 0 unspecified atom stereocenters. The summed E-state index contributed by atoms with van der Waals surface area (Å²) in [6.45, 7) is 0. The molecule has 2 heterocycles. The second kappa shape index (κ2) is 3.99. The van der Waals surface area contributed by atoms with E-state index < -0.39 is 5.63 Å². The Morgan fingerprint density at radius 2 is 1.94 bits per heavy atom. The normalized spacial score (nSPS) is 15.7. The maximum absolute atomic E-state index is 11.6. The SMILES string of the molecule is O=C1CSC(=O)N1c1ccc2oc(=O)ccc2c1. The van der Waals surface area contributed by atoms with Gasteiger partial charge in [-0.2, -0.15) is 0 Å². The number of imide groups is 1. The highest BCUT2D eigenvalue weighted by molar-refractivity contribution is 8.15. The number of rotatable bonds is 1. The molecule has 1 aliphatic rings. The molecule has 0 atom stereocenters. The predicted octanol–water partition coefficient (Wildman–Crippen LogP) is 1.99. The fourth-order valence-corrected chi connectivity index (χ4v) is 2.51. The van der Waals surface area contributed by atoms with Crippen LogP contribution in [0, 0.1) is 0 Å². The van der Waals surface area contributed by atoms with E-state index in [-0.39, 0.29) is 16.9 Å². The Balaban J connectivity index is 2.14. The van der Waals surface area contributed by atoms with Crippen molar-refractivity contribution in [3.05, 3.63) is 40.8 Å². The molecule has 0 bridgehead atoms. The minimum atomic E-state index is -0.431. The second-order valence-electron chi connectivity index (χ2n) is 3.76. The summed E-state index contributed by atoms with van der Waals surface area (Å²) >= 11 is 0.980. The van der Waals surface area contributed by atoms with Crippen molar-refractivity contribution in [1.82, 2.24) is 0 Å². The Kier molecular flexibility index (Phi) is 2.45. The van der Waals surface area contributed by atoms with Gasteiger partial charge in [0.05, 0.1) is 11.4 Å². The van der Waals surface area contributed by atoms with E-state index in [1.54, 1.807) is 24.3 Å². The zero-order chi connectivity index (χ0) is 12.7. The first kappa shape index (κ1) is 11.0. The van der Waals surface area contributed by atoms with Crippen molar-refractivity contribution < 1.29 is 14.0 Å². The van der Waals surface area contributed by atoms with Crippen molar-refractivity contribution in [2.45, 2.75) is 0 Å². The van der Waals surface area contributed by atoms with E-state index in [0.717, 1.165) is 16.7 Å². The summed E-state index contributed by atoms with van der Waals surface area (Å²) in [5, 5.41) is 0.390. The molecule has 2 aromatic rings. The van der Waals surface area contributed by atoms with Crippen molar-refractivity contribution in [2.24, 2.45) is 0 Å². The summed E-state index contributed by atoms with van der Waals surface area (Å²) < 4.78 is 4.98. The van der Waals surface area contributed by atoms with Crippen LogP contribution >= 0.6 is 11.8 Å². The van der Waals surface area contributed by atoms with Gasteiger partial charge in [-0.3, -0.25) is 9.59 Å². The topological polar surface area (TPSA) is 67.6 Å². The molecule has 0 N–H and O–H groups in total. The molecule has 0 aliphatic carbocycles. The Hall–Kier alpha value is -2.08. The summed E-state index contributed by atoms with van der Waals surface area (Å²) in [7, 11) is 0. The average molecular weight is 261 g/mol. The monoisotopic (exact) mass is 261 g/mol. The van der Waals surface area contributed by atoms with Crippen molar-refractivity contribution in [3.63, 3.8) is 0 Å². The van der Waals surface area contributed by atoms with E-state index >= 15 is 0 Å². The number of carbonyl (C=O) groups is 2. The Morgan fingerprint density at radius 3 is 2.67 bits per heavy atom. The van der Waals surface area contributed by atoms with Gasteiger partial charge in [0.15, 0.2) is 0 Å². The van der Waals surface area contributed by atoms with Crippen LogP contribution in [0.15, 0.2) is 39.5 Å². The first-order valence-electron chi connectivity index (χ1n) is 5.19. The Bertz CT molecular complexity index is 705. The van der Waals surface area contributed by atoms with Gasteiger partial charge in [0.25, 0.3) is 5.24 Å². The van der Waals surface area contributed by atoms with Gasteiger partial charge in [-0.1, -0.05) is 11.8 Å². The number of benzene rings is 1. The molecular formula is C12H7NO4S. The van der Waals surface area contributed by atoms with Crippen molar-refractivity contribution in [2.75, 3.05) is 10.7 Å². The molecule has 5 nitrogen and oxygen atoms in total. The van der Waals surface area contributed by atoms with Crippen LogP contribution in [0.5, 0.6) is 0 Å². The van der Waals surface area contributed by atoms with Crippen molar-refractivity contribution in [1.29, 1.82) is 0 Å². The van der Waals surface area contributed by atoms with Crippen LogP contribution in [-0.2, 0) is 4.79 Å². The highest BCUT2D eigenvalue weighted by atomic mass is 32.2. The van der Waals surface area contributed by atoms with E-state index in [9.17, 15) is 14.4 Å².